The van der Waals surface area contributed by atoms with E-state index in [1.165, 1.54) is 0 Å². The molecule has 1 aromatic heterocycles. The Labute approximate surface area is 107 Å². The Morgan fingerprint density at radius 2 is 1.67 bits per heavy atom. The summed E-state index contributed by atoms with van der Waals surface area (Å²) in [5, 5.41) is 2.87. The van der Waals surface area contributed by atoms with Crippen molar-refractivity contribution >= 4 is 11.6 Å². The highest BCUT2D eigenvalue weighted by molar-refractivity contribution is 5.90. The lowest BCUT2D eigenvalue weighted by atomic mass is 10.1. The standard InChI is InChI=1S/C15H16N2O/c1-2-3-15(18)17-14-6-4-12(5-7-14)13-8-10-16-11-9-13/h4-11H,2-3H2,1H3,(H,17,18). The maximum absolute atomic E-state index is 11.4. The van der Waals surface area contributed by atoms with Crippen LogP contribution in [-0.4, -0.2) is 10.9 Å². The van der Waals surface area contributed by atoms with Crippen LogP contribution >= 0.6 is 0 Å². The highest BCUT2D eigenvalue weighted by Crippen LogP contribution is 2.20. The van der Waals surface area contributed by atoms with Crippen molar-refractivity contribution in [3.8, 4) is 11.1 Å². The number of nitrogens with one attached hydrogen (secondary N) is 1. The Balaban J connectivity index is 2.09. The van der Waals surface area contributed by atoms with Gasteiger partial charge in [-0.15, -0.1) is 0 Å². The van der Waals surface area contributed by atoms with E-state index in [9.17, 15) is 4.79 Å². The summed E-state index contributed by atoms with van der Waals surface area (Å²) < 4.78 is 0. The zero-order valence-electron chi connectivity index (χ0n) is 10.4. The van der Waals surface area contributed by atoms with Crippen LogP contribution in [0.25, 0.3) is 11.1 Å². The Morgan fingerprint density at radius 1 is 1.06 bits per heavy atom. The molecular formula is C15H16N2O. The number of rotatable bonds is 4. The molecule has 2 aromatic rings. The number of aromatic nitrogens is 1. The second-order valence-corrected chi connectivity index (χ2v) is 4.11. The third kappa shape index (κ3) is 3.17. The summed E-state index contributed by atoms with van der Waals surface area (Å²) in [6, 6.07) is 11.8. The Kier molecular flexibility index (Phi) is 4.07. The van der Waals surface area contributed by atoms with Crippen molar-refractivity contribution in [3.05, 3.63) is 48.8 Å². The van der Waals surface area contributed by atoms with Crippen molar-refractivity contribution in [1.29, 1.82) is 0 Å². The lowest BCUT2D eigenvalue weighted by molar-refractivity contribution is -0.116. The Bertz CT molecular complexity index is 506. The molecule has 3 nitrogen and oxygen atoms in total. The first kappa shape index (κ1) is 12.3. The molecule has 1 amide bonds. The first-order valence-electron chi connectivity index (χ1n) is 6.10. The first-order valence-corrected chi connectivity index (χ1v) is 6.10. The van der Waals surface area contributed by atoms with Crippen LogP contribution in [0.4, 0.5) is 5.69 Å². The summed E-state index contributed by atoms with van der Waals surface area (Å²) in [4.78, 5) is 15.4. The molecule has 0 spiro atoms. The zero-order chi connectivity index (χ0) is 12.8. The average Bonchev–Trinajstić information content (AvgIpc) is 2.41. The predicted molar refractivity (Wildman–Crippen MR) is 73.2 cm³/mol. The number of nitrogens with zero attached hydrogens (tertiary/aromatic N) is 1. The lowest BCUT2D eigenvalue weighted by Gasteiger charge is -2.06. The van der Waals surface area contributed by atoms with Crippen LogP contribution in [0.3, 0.4) is 0 Å². The van der Waals surface area contributed by atoms with Crippen molar-refractivity contribution in [2.24, 2.45) is 0 Å². The molecule has 0 atom stereocenters. The van der Waals surface area contributed by atoms with Crippen molar-refractivity contribution in [2.75, 3.05) is 5.32 Å². The number of amides is 1. The minimum Gasteiger partial charge on any atom is -0.326 e. The smallest absolute Gasteiger partial charge is 0.224 e. The number of carbonyl (C=O) groups excluding carboxylic acids is 1. The molecule has 3 heteroatoms. The van der Waals surface area contributed by atoms with E-state index in [2.05, 4.69) is 10.3 Å². The van der Waals surface area contributed by atoms with Gasteiger partial charge in [-0.3, -0.25) is 9.78 Å². The molecule has 0 unspecified atom stereocenters. The molecule has 0 saturated carbocycles. The molecule has 0 radical (unpaired) electrons. The summed E-state index contributed by atoms with van der Waals surface area (Å²) >= 11 is 0. The fourth-order valence-corrected chi connectivity index (χ4v) is 1.74. The van der Waals surface area contributed by atoms with E-state index in [-0.39, 0.29) is 5.91 Å². The Morgan fingerprint density at radius 3 is 2.28 bits per heavy atom. The van der Waals surface area contributed by atoms with E-state index in [1.807, 2.05) is 43.3 Å². The maximum atomic E-state index is 11.4. The van der Waals surface area contributed by atoms with E-state index >= 15 is 0 Å². The molecule has 0 aliphatic rings. The van der Waals surface area contributed by atoms with Gasteiger partial charge < -0.3 is 5.32 Å². The van der Waals surface area contributed by atoms with Crippen LogP contribution in [0, 0.1) is 0 Å². The van der Waals surface area contributed by atoms with Gasteiger partial charge in [0.25, 0.3) is 0 Å². The fourth-order valence-electron chi connectivity index (χ4n) is 1.74. The van der Waals surface area contributed by atoms with Crippen LogP contribution in [0.2, 0.25) is 0 Å². The molecule has 2 rings (SSSR count). The van der Waals surface area contributed by atoms with Crippen molar-refractivity contribution in [1.82, 2.24) is 4.98 Å². The third-order valence-corrected chi connectivity index (χ3v) is 2.66. The molecule has 92 valence electrons. The summed E-state index contributed by atoms with van der Waals surface area (Å²) in [5.41, 5.74) is 3.08. The molecule has 0 fully saturated rings. The topological polar surface area (TPSA) is 42.0 Å². The van der Waals surface area contributed by atoms with Gasteiger partial charge in [0.1, 0.15) is 0 Å². The SMILES string of the molecule is CCCC(=O)Nc1ccc(-c2ccncc2)cc1. The lowest BCUT2D eigenvalue weighted by Crippen LogP contribution is -2.10. The molecular weight excluding hydrogens is 224 g/mol. The molecule has 0 saturated heterocycles. The van der Waals surface area contributed by atoms with Gasteiger partial charge in [0.2, 0.25) is 5.91 Å². The van der Waals surface area contributed by atoms with Crippen LogP contribution in [0.15, 0.2) is 48.8 Å². The Hall–Kier alpha value is -2.16. The van der Waals surface area contributed by atoms with Gasteiger partial charge in [-0.25, -0.2) is 0 Å². The fraction of sp³-hybridized carbons (Fsp3) is 0.200. The molecule has 1 aromatic carbocycles. The van der Waals surface area contributed by atoms with E-state index < -0.39 is 0 Å². The summed E-state index contributed by atoms with van der Waals surface area (Å²) in [5.74, 6) is 0.0640. The molecule has 0 bridgehead atoms. The predicted octanol–water partition coefficient (Wildman–Crippen LogP) is 3.49. The number of anilines is 1. The van der Waals surface area contributed by atoms with E-state index in [0.717, 1.165) is 23.2 Å². The highest BCUT2D eigenvalue weighted by atomic mass is 16.1. The van der Waals surface area contributed by atoms with Crippen LogP contribution in [0.1, 0.15) is 19.8 Å². The molecule has 18 heavy (non-hydrogen) atoms. The highest BCUT2D eigenvalue weighted by Gasteiger charge is 2.01. The van der Waals surface area contributed by atoms with Crippen molar-refractivity contribution in [2.45, 2.75) is 19.8 Å². The van der Waals surface area contributed by atoms with Gasteiger partial charge in [-0.2, -0.15) is 0 Å². The average molecular weight is 240 g/mol. The maximum Gasteiger partial charge on any atom is 0.224 e. The van der Waals surface area contributed by atoms with Gasteiger partial charge in [0, 0.05) is 24.5 Å². The summed E-state index contributed by atoms with van der Waals surface area (Å²) in [7, 11) is 0. The van der Waals surface area contributed by atoms with Crippen LogP contribution in [0.5, 0.6) is 0 Å². The third-order valence-electron chi connectivity index (χ3n) is 2.66. The van der Waals surface area contributed by atoms with Gasteiger partial charge in [-0.1, -0.05) is 19.1 Å². The second kappa shape index (κ2) is 5.96. The number of carbonyl (C=O) groups is 1. The largest absolute Gasteiger partial charge is 0.326 e. The van der Waals surface area contributed by atoms with E-state index in [1.54, 1.807) is 12.4 Å². The molecule has 0 aliphatic carbocycles. The minimum absolute atomic E-state index is 0.0640. The number of hydrogen-bond acceptors (Lipinski definition) is 2. The van der Waals surface area contributed by atoms with Gasteiger partial charge in [-0.05, 0) is 41.8 Å². The molecule has 0 aliphatic heterocycles. The van der Waals surface area contributed by atoms with Gasteiger partial charge in [0.15, 0.2) is 0 Å². The second-order valence-electron chi connectivity index (χ2n) is 4.11. The van der Waals surface area contributed by atoms with Crippen LogP contribution < -0.4 is 5.32 Å². The normalized spacial score (nSPS) is 10.1. The van der Waals surface area contributed by atoms with E-state index in [4.69, 9.17) is 0 Å². The van der Waals surface area contributed by atoms with Gasteiger partial charge in [0.05, 0.1) is 0 Å². The number of benzene rings is 1. The number of pyridine rings is 1. The minimum atomic E-state index is 0.0640. The summed E-state index contributed by atoms with van der Waals surface area (Å²) in [6.45, 7) is 1.99. The van der Waals surface area contributed by atoms with Crippen molar-refractivity contribution < 1.29 is 4.79 Å². The van der Waals surface area contributed by atoms with E-state index in [0.29, 0.717) is 6.42 Å². The first-order chi connectivity index (χ1) is 8.79. The number of hydrogen-bond donors (Lipinski definition) is 1. The zero-order valence-corrected chi connectivity index (χ0v) is 10.4. The molecule has 1 N–H and O–H groups in total. The monoisotopic (exact) mass is 240 g/mol. The van der Waals surface area contributed by atoms with Crippen LogP contribution in [-0.2, 0) is 4.79 Å². The molecule has 1 heterocycles. The van der Waals surface area contributed by atoms with Crippen molar-refractivity contribution in [3.63, 3.8) is 0 Å². The summed E-state index contributed by atoms with van der Waals surface area (Å²) in [6.07, 6.45) is 4.96. The quantitative estimate of drug-likeness (QED) is 0.888. The van der Waals surface area contributed by atoms with Gasteiger partial charge >= 0.3 is 0 Å².